The number of ether oxygens (including phenoxy) is 1. The van der Waals surface area contributed by atoms with E-state index < -0.39 is 12.0 Å². The SMILES string of the molecule is COC(=O)C(CC(C)C)NC(=O)C1CCC(=O)NC1. The molecule has 1 fully saturated rings. The second kappa shape index (κ2) is 7.11. The average Bonchev–Trinajstić information content (AvgIpc) is 2.37. The van der Waals surface area contributed by atoms with Crippen molar-refractivity contribution >= 4 is 17.8 Å². The Morgan fingerprint density at radius 2 is 2.16 bits per heavy atom. The third kappa shape index (κ3) is 4.89. The zero-order valence-corrected chi connectivity index (χ0v) is 11.7. The maximum Gasteiger partial charge on any atom is 0.328 e. The Kier molecular flexibility index (Phi) is 5.79. The summed E-state index contributed by atoms with van der Waals surface area (Å²) in [5, 5.41) is 5.37. The predicted molar refractivity (Wildman–Crippen MR) is 69.1 cm³/mol. The van der Waals surface area contributed by atoms with Crippen LogP contribution < -0.4 is 10.6 Å². The lowest BCUT2D eigenvalue weighted by atomic mass is 9.97. The molecule has 6 heteroatoms. The van der Waals surface area contributed by atoms with E-state index in [9.17, 15) is 14.4 Å². The Balaban J connectivity index is 2.55. The zero-order valence-electron chi connectivity index (χ0n) is 11.7. The van der Waals surface area contributed by atoms with Crippen molar-refractivity contribution in [3.8, 4) is 0 Å². The summed E-state index contributed by atoms with van der Waals surface area (Å²) in [6.07, 6.45) is 1.41. The van der Waals surface area contributed by atoms with Gasteiger partial charge in [-0.05, 0) is 18.8 Å². The standard InChI is InChI=1S/C13H22N2O4/c1-8(2)6-10(13(18)19-3)15-12(17)9-4-5-11(16)14-7-9/h8-10H,4-7H2,1-3H3,(H,14,16)(H,15,17). The summed E-state index contributed by atoms with van der Waals surface area (Å²) in [5.41, 5.74) is 0. The second-order valence-corrected chi connectivity index (χ2v) is 5.25. The number of carbonyl (C=O) groups excluding carboxylic acids is 3. The van der Waals surface area contributed by atoms with Crippen LogP contribution in [0.5, 0.6) is 0 Å². The molecule has 0 aliphatic carbocycles. The van der Waals surface area contributed by atoms with Gasteiger partial charge in [0.15, 0.2) is 0 Å². The molecule has 6 nitrogen and oxygen atoms in total. The third-order valence-electron chi connectivity index (χ3n) is 3.15. The van der Waals surface area contributed by atoms with E-state index in [0.717, 1.165) is 0 Å². The third-order valence-corrected chi connectivity index (χ3v) is 3.15. The van der Waals surface area contributed by atoms with Gasteiger partial charge >= 0.3 is 5.97 Å². The van der Waals surface area contributed by atoms with Crippen molar-refractivity contribution < 1.29 is 19.1 Å². The number of nitrogens with one attached hydrogen (secondary N) is 2. The molecule has 0 spiro atoms. The fourth-order valence-corrected chi connectivity index (χ4v) is 2.07. The summed E-state index contributed by atoms with van der Waals surface area (Å²) >= 11 is 0. The van der Waals surface area contributed by atoms with Crippen molar-refractivity contribution in [1.29, 1.82) is 0 Å². The van der Waals surface area contributed by atoms with Gasteiger partial charge in [0.25, 0.3) is 0 Å². The van der Waals surface area contributed by atoms with Crippen LogP contribution in [-0.4, -0.2) is 37.5 Å². The molecule has 2 unspecified atom stereocenters. The molecule has 2 amide bonds. The zero-order chi connectivity index (χ0) is 14.4. The first kappa shape index (κ1) is 15.5. The van der Waals surface area contributed by atoms with Gasteiger partial charge in [-0.15, -0.1) is 0 Å². The van der Waals surface area contributed by atoms with Crippen molar-refractivity contribution in [1.82, 2.24) is 10.6 Å². The minimum atomic E-state index is -0.616. The number of rotatable bonds is 5. The molecule has 1 aliphatic heterocycles. The minimum absolute atomic E-state index is 0.0317. The lowest BCUT2D eigenvalue weighted by molar-refractivity contribution is -0.146. The molecule has 0 bridgehead atoms. The van der Waals surface area contributed by atoms with Crippen molar-refractivity contribution in [3.63, 3.8) is 0 Å². The van der Waals surface area contributed by atoms with E-state index in [-0.39, 0.29) is 23.7 Å². The van der Waals surface area contributed by atoms with E-state index in [1.54, 1.807) is 0 Å². The Morgan fingerprint density at radius 3 is 2.63 bits per heavy atom. The topological polar surface area (TPSA) is 84.5 Å². The molecule has 0 saturated carbocycles. The number of hydrogen-bond acceptors (Lipinski definition) is 4. The Bertz CT molecular complexity index is 345. The van der Waals surface area contributed by atoms with Crippen molar-refractivity contribution in [2.75, 3.05) is 13.7 Å². The molecule has 0 aromatic heterocycles. The van der Waals surface area contributed by atoms with Gasteiger partial charge in [-0.1, -0.05) is 13.8 Å². The Labute approximate surface area is 113 Å². The highest BCUT2D eigenvalue weighted by Gasteiger charge is 2.29. The fourth-order valence-electron chi connectivity index (χ4n) is 2.07. The van der Waals surface area contributed by atoms with Crippen molar-refractivity contribution in [3.05, 3.63) is 0 Å². The van der Waals surface area contributed by atoms with Crippen LogP contribution in [0, 0.1) is 11.8 Å². The van der Waals surface area contributed by atoms with E-state index in [1.807, 2.05) is 13.8 Å². The van der Waals surface area contributed by atoms with Crippen molar-refractivity contribution in [2.45, 2.75) is 39.2 Å². The smallest absolute Gasteiger partial charge is 0.328 e. The number of carbonyl (C=O) groups is 3. The molecule has 1 rings (SSSR count). The van der Waals surface area contributed by atoms with Gasteiger partial charge in [0.2, 0.25) is 11.8 Å². The quantitative estimate of drug-likeness (QED) is 0.700. The van der Waals surface area contributed by atoms with Gasteiger partial charge < -0.3 is 15.4 Å². The molecule has 108 valence electrons. The van der Waals surface area contributed by atoms with Crippen LogP contribution in [-0.2, 0) is 19.1 Å². The number of methoxy groups -OCH3 is 1. The normalized spacial score (nSPS) is 20.6. The molecular formula is C13H22N2O4. The highest BCUT2D eigenvalue weighted by molar-refractivity contribution is 5.87. The minimum Gasteiger partial charge on any atom is -0.467 e. The average molecular weight is 270 g/mol. The van der Waals surface area contributed by atoms with Crippen LogP contribution in [0.15, 0.2) is 0 Å². The van der Waals surface area contributed by atoms with E-state index in [0.29, 0.717) is 25.8 Å². The van der Waals surface area contributed by atoms with Crippen LogP contribution in [0.4, 0.5) is 0 Å². The summed E-state index contributed by atoms with van der Waals surface area (Å²) in [7, 11) is 1.31. The first-order valence-corrected chi connectivity index (χ1v) is 6.59. The maximum atomic E-state index is 12.0. The van der Waals surface area contributed by atoms with Crippen molar-refractivity contribution in [2.24, 2.45) is 11.8 Å². The lowest BCUT2D eigenvalue weighted by Crippen LogP contribution is -2.49. The van der Waals surface area contributed by atoms with Gasteiger partial charge in [-0.25, -0.2) is 4.79 Å². The molecule has 1 aliphatic rings. The molecule has 0 aromatic carbocycles. The number of amides is 2. The predicted octanol–water partition coefficient (Wildman–Crippen LogP) is 0.217. The fraction of sp³-hybridized carbons (Fsp3) is 0.769. The van der Waals surface area contributed by atoms with E-state index in [4.69, 9.17) is 4.74 Å². The number of esters is 1. The summed E-state index contributed by atoms with van der Waals surface area (Å²) in [4.78, 5) is 34.7. The number of piperidine rings is 1. The Morgan fingerprint density at radius 1 is 1.47 bits per heavy atom. The molecular weight excluding hydrogens is 248 g/mol. The molecule has 0 aromatic rings. The highest BCUT2D eigenvalue weighted by atomic mass is 16.5. The molecule has 2 atom stereocenters. The molecule has 1 saturated heterocycles. The first-order chi connectivity index (χ1) is 8.93. The second-order valence-electron chi connectivity index (χ2n) is 5.25. The summed E-state index contributed by atoms with van der Waals surface area (Å²) in [6.45, 7) is 4.28. The van der Waals surface area contributed by atoms with Gasteiger partial charge in [-0.3, -0.25) is 9.59 Å². The molecule has 2 N–H and O–H groups in total. The van der Waals surface area contributed by atoms with E-state index >= 15 is 0 Å². The Hall–Kier alpha value is -1.59. The summed E-state index contributed by atoms with van der Waals surface area (Å²) in [6, 6.07) is -0.616. The summed E-state index contributed by atoms with van der Waals surface area (Å²) in [5.74, 6) is -0.652. The monoisotopic (exact) mass is 270 g/mol. The van der Waals surface area contributed by atoms with Crippen LogP contribution >= 0.6 is 0 Å². The first-order valence-electron chi connectivity index (χ1n) is 6.59. The molecule has 0 radical (unpaired) electrons. The van der Waals surface area contributed by atoms with Gasteiger partial charge in [0.1, 0.15) is 6.04 Å². The highest BCUT2D eigenvalue weighted by Crippen LogP contribution is 2.13. The van der Waals surface area contributed by atoms with Gasteiger partial charge in [-0.2, -0.15) is 0 Å². The van der Waals surface area contributed by atoms with E-state index in [1.165, 1.54) is 7.11 Å². The van der Waals surface area contributed by atoms with E-state index in [2.05, 4.69) is 10.6 Å². The van der Waals surface area contributed by atoms with Crippen LogP contribution in [0.1, 0.15) is 33.1 Å². The molecule has 1 heterocycles. The summed E-state index contributed by atoms with van der Waals surface area (Å²) < 4.78 is 4.70. The van der Waals surface area contributed by atoms with Crippen LogP contribution in [0.25, 0.3) is 0 Å². The lowest BCUT2D eigenvalue weighted by Gasteiger charge is -2.25. The molecule has 19 heavy (non-hydrogen) atoms. The van der Waals surface area contributed by atoms with Gasteiger partial charge in [0.05, 0.1) is 13.0 Å². The van der Waals surface area contributed by atoms with Crippen LogP contribution in [0.2, 0.25) is 0 Å². The maximum absolute atomic E-state index is 12.0. The van der Waals surface area contributed by atoms with Crippen LogP contribution in [0.3, 0.4) is 0 Å². The largest absolute Gasteiger partial charge is 0.467 e. The number of hydrogen-bond donors (Lipinski definition) is 2. The van der Waals surface area contributed by atoms with Gasteiger partial charge in [0, 0.05) is 13.0 Å².